The standard InChI is InChI=1S/C20H26N2O4/c23-18(16-7-3-1-4-8-16)13-17-9-5-2-6-10-22(17)19(24)14-21-11-12-26-15-20(21)25/h1,3-4,7-8,17H,2,5-6,9-15H2. The molecule has 0 N–H and O–H groups in total. The number of carbonyl (C=O) groups excluding carboxylic acids is 3. The van der Waals surface area contributed by atoms with E-state index in [0.717, 1.165) is 25.7 Å². The van der Waals surface area contributed by atoms with Crippen LogP contribution in [0.25, 0.3) is 0 Å². The predicted molar refractivity (Wildman–Crippen MR) is 96.8 cm³/mol. The van der Waals surface area contributed by atoms with Crippen LogP contribution in [0.2, 0.25) is 0 Å². The molecule has 1 unspecified atom stereocenters. The van der Waals surface area contributed by atoms with Gasteiger partial charge in [-0.1, -0.05) is 43.2 Å². The first-order chi connectivity index (χ1) is 12.6. The van der Waals surface area contributed by atoms with E-state index in [0.29, 0.717) is 31.7 Å². The molecular weight excluding hydrogens is 332 g/mol. The van der Waals surface area contributed by atoms with E-state index in [9.17, 15) is 14.4 Å². The number of ether oxygens (including phenoxy) is 1. The highest BCUT2D eigenvalue weighted by atomic mass is 16.5. The van der Waals surface area contributed by atoms with Crippen LogP contribution in [0.15, 0.2) is 30.3 Å². The maximum absolute atomic E-state index is 12.9. The van der Waals surface area contributed by atoms with E-state index < -0.39 is 0 Å². The summed E-state index contributed by atoms with van der Waals surface area (Å²) in [6, 6.07) is 9.14. The second-order valence-corrected chi connectivity index (χ2v) is 6.95. The first-order valence-electron chi connectivity index (χ1n) is 9.38. The molecule has 2 amide bonds. The van der Waals surface area contributed by atoms with Gasteiger partial charge in [0.15, 0.2) is 5.78 Å². The molecule has 26 heavy (non-hydrogen) atoms. The third-order valence-corrected chi connectivity index (χ3v) is 5.12. The topological polar surface area (TPSA) is 66.9 Å². The molecule has 1 aromatic rings. The van der Waals surface area contributed by atoms with Gasteiger partial charge in [0.25, 0.3) is 0 Å². The Balaban J connectivity index is 1.66. The number of nitrogens with zero attached hydrogens (tertiary/aromatic N) is 2. The summed E-state index contributed by atoms with van der Waals surface area (Å²) in [5, 5.41) is 0. The first kappa shape index (κ1) is 18.6. The number of morpholine rings is 1. The molecule has 2 aliphatic heterocycles. The fourth-order valence-corrected chi connectivity index (χ4v) is 3.65. The minimum Gasteiger partial charge on any atom is -0.370 e. The number of Topliss-reactive ketones (excluding diaryl/α,β-unsaturated/α-hetero) is 1. The lowest BCUT2D eigenvalue weighted by molar-refractivity contribution is -0.149. The molecule has 140 valence electrons. The van der Waals surface area contributed by atoms with Crippen LogP contribution in [-0.4, -0.2) is 66.3 Å². The van der Waals surface area contributed by atoms with Gasteiger partial charge in [0.1, 0.15) is 6.61 Å². The summed E-state index contributed by atoms with van der Waals surface area (Å²) in [7, 11) is 0. The maximum atomic E-state index is 12.9. The van der Waals surface area contributed by atoms with E-state index in [2.05, 4.69) is 0 Å². The van der Waals surface area contributed by atoms with Crippen LogP contribution < -0.4 is 0 Å². The zero-order valence-corrected chi connectivity index (χ0v) is 15.1. The molecule has 0 radical (unpaired) electrons. The smallest absolute Gasteiger partial charge is 0.249 e. The van der Waals surface area contributed by atoms with Gasteiger partial charge in [-0.3, -0.25) is 14.4 Å². The van der Waals surface area contributed by atoms with Gasteiger partial charge in [-0.2, -0.15) is 0 Å². The van der Waals surface area contributed by atoms with Crippen molar-refractivity contribution in [3.63, 3.8) is 0 Å². The number of benzene rings is 1. The average molecular weight is 358 g/mol. The van der Waals surface area contributed by atoms with Crippen LogP contribution in [0.5, 0.6) is 0 Å². The summed E-state index contributed by atoms with van der Waals surface area (Å²) < 4.78 is 5.12. The molecule has 2 aliphatic rings. The third kappa shape index (κ3) is 4.69. The molecule has 2 fully saturated rings. The third-order valence-electron chi connectivity index (χ3n) is 5.12. The molecule has 2 saturated heterocycles. The minimum absolute atomic E-state index is 0.0448. The van der Waals surface area contributed by atoms with Crippen molar-refractivity contribution in [1.29, 1.82) is 0 Å². The molecule has 0 aliphatic carbocycles. The monoisotopic (exact) mass is 358 g/mol. The number of likely N-dealkylation sites (tertiary alicyclic amines) is 1. The number of hydrogen-bond acceptors (Lipinski definition) is 4. The Morgan fingerprint density at radius 1 is 1.08 bits per heavy atom. The Kier molecular flexibility index (Phi) is 6.39. The van der Waals surface area contributed by atoms with Gasteiger partial charge in [-0.05, 0) is 12.8 Å². The first-order valence-corrected chi connectivity index (χ1v) is 9.38. The molecular formula is C20H26N2O4. The number of hydrogen-bond donors (Lipinski definition) is 0. The second-order valence-electron chi connectivity index (χ2n) is 6.95. The minimum atomic E-state index is -0.142. The molecule has 0 bridgehead atoms. The van der Waals surface area contributed by atoms with Crippen LogP contribution in [-0.2, 0) is 14.3 Å². The number of carbonyl (C=O) groups is 3. The number of rotatable bonds is 5. The van der Waals surface area contributed by atoms with Crippen LogP contribution in [0.4, 0.5) is 0 Å². The molecule has 1 aromatic carbocycles. The van der Waals surface area contributed by atoms with E-state index in [1.807, 2.05) is 35.2 Å². The van der Waals surface area contributed by atoms with E-state index in [-0.39, 0.29) is 36.8 Å². The van der Waals surface area contributed by atoms with E-state index in [1.54, 1.807) is 4.90 Å². The molecule has 3 rings (SSSR count). The lowest BCUT2D eigenvalue weighted by Gasteiger charge is -2.33. The highest BCUT2D eigenvalue weighted by Gasteiger charge is 2.30. The van der Waals surface area contributed by atoms with Crippen molar-refractivity contribution in [2.24, 2.45) is 0 Å². The number of ketones is 1. The number of amides is 2. The zero-order chi connectivity index (χ0) is 18.4. The molecule has 6 heteroatoms. The Hall–Kier alpha value is -2.21. The van der Waals surface area contributed by atoms with Gasteiger partial charge in [-0.15, -0.1) is 0 Å². The largest absolute Gasteiger partial charge is 0.370 e. The van der Waals surface area contributed by atoms with Crippen molar-refractivity contribution in [2.75, 3.05) is 32.8 Å². The summed E-state index contributed by atoms with van der Waals surface area (Å²) in [6.45, 7) is 1.70. The Labute approximate surface area is 154 Å². The highest BCUT2D eigenvalue weighted by molar-refractivity contribution is 5.96. The molecule has 0 saturated carbocycles. The highest BCUT2D eigenvalue weighted by Crippen LogP contribution is 2.21. The van der Waals surface area contributed by atoms with E-state index in [4.69, 9.17) is 4.74 Å². The predicted octanol–water partition coefficient (Wildman–Crippen LogP) is 1.89. The lowest BCUT2D eigenvalue weighted by atomic mass is 9.99. The SMILES string of the molecule is O=C(CC1CCCCCN1C(=O)CN1CCOCC1=O)c1ccccc1. The summed E-state index contributed by atoms with van der Waals surface area (Å²) >= 11 is 0. The van der Waals surface area contributed by atoms with Crippen LogP contribution in [0.3, 0.4) is 0 Å². The van der Waals surface area contributed by atoms with Crippen molar-refractivity contribution in [3.8, 4) is 0 Å². The van der Waals surface area contributed by atoms with E-state index >= 15 is 0 Å². The molecule has 0 aromatic heterocycles. The van der Waals surface area contributed by atoms with Gasteiger partial charge in [0.05, 0.1) is 13.2 Å². The van der Waals surface area contributed by atoms with Crippen molar-refractivity contribution < 1.29 is 19.1 Å². The van der Waals surface area contributed by atoms with Crippen LogP contribution >= 0.6 is 0 Å². The normalized spacial score (nSPS) is 21.4. The van der Waals surface area contributed by atoms with Crippen molar-refractivity contribution in [3.05, 3.63) is 35.9 Å². The van der Waals surface area contributed by atoms with Gasteiger partial charge < -0.3 is 14.5 Å². The fourth-order valence-electron chi connectivity index (χ4n) is 3.65. The van der Waals surface area contributed by atoms with E-state index in [1.165, 1.54) is 0 Å². The quantitative estimate of drug-likeness (QED) is 0.754. The second kappa shape index (κ2) is 8.94. The van der Waals surface area contributed by atoms with Crippen molar-refractivity contribution >= 4 is 17.6 Å². The van der Waals surface area contributed by atoms with Crippen molar-refractivity contribution in [1.82, 2.24) is 9.80 Å². The molecule has 6 nitrogen and oxygen atoms in total. The zero-order valence-electron chi connectivity index (χ0n) is 15.1. The van der Waals surface area contributed by atoms with Gasteiger partial charge in [0.2, 0.25) is 11.8 Å². The Morgan fingerprint density at radius 2 is 1.88 bits per heavy atom. The van der Waals surface area contributed by atoms with Crippen molar-refractivity contribution in [2.45, 2.75) is 38.1 Å². The summed E-state index contributed by atoms with van der Waals surface area (Å²) in [4.78, 5) is 40.8. The molecule has 0 spiro atoms. The fraction of sp³-hybridized carbons (Fsp3) is 0.550. The van der Waals surface area contributed by atoms with Gasteiger partial charge in [-0.25, -0.2) is 0 Å². The Morgan fingerprint density at radius 3 is 2.65 bits per heavy atom. The van der Waals surface area contributed by atoms with Crippen LogP contribution in [0.1, 0.15) is 42.5 Å². The van der Waals surface area contributed by atoms with Crippen LogP contribution in [0, 0.1) is 0 Å². The maximum Gasteiger partial charge on any atom is 0.249 e. The summed E-state index contributed by atoms with van der Waals surface area (Å²) in [5.41, 5.74) is 0.688. The summed E-state index contributed by atoms with van der Waals surface area (Å²) in [6.07, 6.45) is 4.20. The van der Waals surface area contributed by atoms with Gasteiger partial charge in [0, 0.05) is 31.1 Å². The summed E-state index contributed by atoms with van der Waals surface area (Å²) in [5.74, 6) is -0.137. The molecule has 1 atom stereocenters. The molecule has 2 heterocycles. The lowest BCUT2D eigenvalue weighted by Crippen LogP contribution is -2.50. The van der Waals surface area contributed by atoms with Gasteiger partial charge >= 0.3 is 0 Å². The Bertz CT molecular complexity index is 646. The average Bonchev–Trinajstić information content (AvgIpc) is 2.90.